The highest BCUT2D eigenvalue weighted by atomic mass is 32.2. The Bertz CT molecular complexity index is 687. The molecule has 2 aromatic carbocycles. The van der Waals surface area contributed by atoms with Gasteiger partial charge in [0.25, 0.3) is 5.91 Å². The fourth-order valence-corrected chi connectivity index (χ4v) is 3.58. The van der Waals surface area contributed by atoms with Crippen molar-refractivity contribution < 1.29 is 4.79 Å². The molecule has 124 valence electrons. The third-order valence-corrected chi connectivity index (χ3v) is 5.19. The molecule has 0 unspecified atom stereocenters. The zero-order valence-electron chi connectivity index (χ0n) is 13.7. The number of carbonyl (C=O) groups excluding carboxylic acids is 1. The van der Waals surface area contributed by atoms with Gasteiger partial charge in [0, 0.05) is 21.9 Å². The van der Waals surface area contributed by atoms with Crippen LogP contribution in [0.4, 0.5) is 0 Å². The minimum Gasteiger partial charge on any atom is -0.267 e. The molecular weight excluding hydrogens is 316 g/mol. The minimum atomic E-state index is -0.129. The van der Waals surface area contributed by atoms with Crippen LogP contribution >= 0.6 is 11.8 Å². The molecule has 0 heterocycles. The number of benzene rings is 2. The Hall–Kier alpha value is -2.07. The summed E-state index contributed by atoms with van der Waals surface area (Å²) in [5, 5.41) is 4.27. The fraction of sp³-hybridized carbons (Fsp3) is 0.300. The van der Waals surface area contributed by atoms with Gasteiger partial charge in [0.2, 0.25) is 0 Å². The van der Waals surface area contributed by atoms with E-state index in [1.165, 1.54) is 29.7 Å². The molecule has 0 spiro atoms. The lowest BCUT2D eigenvalue weighted by atomic mass is 9.99. The van der Waals surface area contributed by atoms with E-state index in [9.17, 15) is 4.79 Å². The van der Waals surface area contributed by atoms with E-state index in [0.29, 0.717) is 5.56 Å². The van der Waals surface area contributed by atoms with E-state index in [0.717, 1.165) is 24.3 Å². The molecule has 1 saturated carbocycles. The molecule has 0 radical (unpaired) electrons. The lowest BCUT2D eigenvalue weighted by Crippen LogP contribution is -2.20. The summed E-state index contributed by atoms with van der Waals surface area (Å²) in [4.78, 5) is 13.4. The number of carbonyl (C=O) groups is 1. The molecule has 1 aliphatic rings. The first-order valence-electron chi connectivity index (χ1n) is 8.44. The van der Waals surface area contributed by atoms with Crippen molar-refractivity contribution in [3.8, 4) is 0 Å². The van der Waals surface area contributed by atoms with E-state index in [1.54, 1.807) is 11.8 Å². The number of hydrogen-bond acceptors (Lipinski definition) is 3. The zero-order chi connectivity index (χ0) is 16.6. The van der Waals surface area contributed by atoms with Gasteiger partial charge >= 0.3 is 0 Å². The number of thioether (sulfide) groups is 1. The number of hydrogen-bond donors (Lipinski definition) is 1. The highest BCUT2D eigenvalue weighted by Gasteiger charge is 2.09. The van der Waals surface area contributed by atoms with Crippen molar-refractivity contribution in [2.24, 2.45) is 5.10 Å². The summed E-state index contributed by atoms with van der Waals surface area (Å²) in [7, 11) is 0. The lowest BCUT2D eigenvalue weighted by molar-refractivity contribution is 0.0954. The Balaban J connectivity index is 1.52. The van der Waals surface area contributed by atoms with Crippen molar-refractivity contribution in [3.63, 3.8) is 0 Å². The molecule has 4 heteroatoms. The molecule has 24 heavy (non-hydrogen) atoms. The van der Waals surface area contributed by atoms with Crippen molar-refractivity contribution in [2.75, 3.05) is 0 Å². The summed E-state index contributed by atoms with van der Waals surface area (Å²) in [6, 6.07) is 18.1. The van der Waals surface area contributed by atoms with Gasteiger partial charge in [-0.1, -0.05) is 36.8 Å². The molecule has 0 saturated heterocycles. The van der Waals surface area contributed by atoms with E-state index >= 15 is 0 Å². The summed E-state index contributed by atoms with van der Waals surface area (Å²) in [5.41, 5.74) is 5.67. The van der Waals surface area contributed by atoms with E-state index in [1.807, 2.05) is 42.5 Å². The second-order valence-corrected chi connectivity index (χ2v) is 7.03. The van der Waals surface area contributed by atoms with Gasteiger partial charge < -0.3 is 0 Å². The average molecular weight is 338 g/mol. The van der Waals surface area contributed by atoms with E-state index in [2.05, 4.69) is 22.7 Å². The summed E-state index contributed by atoms with van der Waals surface area (Å²) in [6.45, 7) is 0. The summed E-state index contributed by atoms with van der Waals surface area (Å²) in [5.74, 6) is 0.768. The molecule has 0 aromatic heterocycles. The van der Waals surface area contributed by atoms with Gasteiger partial charge in [0.15, 0.2) is 0 Å². The Labute approximate surface area is 147 Å². The van der Waals surface area contributed by atoms with Crippen LogP contribution in [0.5, 0.6) is 0 Å². The van der Waals surface area contributed by atoms with Crippen LogP contribution in [-0.2, 0) is 5.75 Å². The first kappa shape index (κ1) is 16.8. The molecule has 1 amide bonds. The number of amides is 1. The third kappa shape index (κ3) is 4.96. The van der Waals surface area contributed by atoms with Crippen molar-refractivity contribution in [1.82, 2.24) is 5.43 Å². The molecular formula is C20H22N2OS. The van der Waals surface area contributed by atoms with Crippen LogP contribution in [0.3, 0.4) is 0 Å². The Kier molecular flexibility index (Phi) is 6.07. The smallest absolute Gasteiger partial charge is 0.267 e. The van der Waals surface area contributed by atoms with Gasteiger partial charge in [0.1, 0.15) is 0 Å². The Morgan fingerprint density at radius 3 is 2.38 bits per heavy atom. The van der Waals surface area contributed by atoms with Crippen LogP contribution < -0.4 is 5.43 Å². The van der Waals surface area contributed by atoms with Gasteiger partial charge in [-0.25, -0.2) is 5.43 Å². The molecule has 0 atom stereocenters. The van der Waals surface area contributed by atoms with Crippen molar-refractivity contribution >= 4 is 23.4 Å². The van der Waals surface area contributed by atoms with Gasteiger partial charge in [0.05, 0.1) is 0 Å². The zero-order valence-corrected chi connectivity index (χ0v) is 14.5. The standard InChI is InChI=1S/C20H22N2OS/c23-20(22-21-18-7-3-1-4-8-18)17-13-11-16(12-14-17)15-24-19-9-5-2-6-10-19/h2,5-6,9-14H,1,3-4,7-8,15H2,(H,22,23). The molecule has 2 aromatic rings. The van der Waals surface area contributed by atoms with E-state index < -0.39 is 0 Å². The minimum absolute atomic E-state index is 0.129. The van der Waals surface area contributed by atoms with E-state index in [-0.39, 0.29) is 5.91 Å². The Morgan fingerprint density at radius 2 is 1.67 bits per heavy atom. The first-order valence-corrected chi connectivity index (χ1v) is 9.42. The maximum atomic E-state index is 12.2. The predicted octanol–water partition coefficient (Wildman–Crippen LogP) is 5.03. The van der Waals surface area contributed by atoms with Crippen LogP contribution in [0.25, 0.3) is 0 Å². The Morgan fingerprint density at radius 1 is 0.958 bits per heavy atom. The highest BCUT2D eigenvalue weighted by Crippen LogP contribution is 2.22. The second kappa shape index (κ2) is 8.69. The van der Waals surface area contributed by atoms with Crippen LogP contribution in [0.2, 0.25) is 0 Å². The van der Waals surface area contributed by atoms with Gasteiger partial charge in [-0.15, -0.1) is 11.8 Å². The molecule has 3 nitrogen and oxygen atoms in total. The second-order valence-electron chi connectivity index (χ2n) is 5.98. The SMILES string of the molecule is O=C(NN=C1CCCCC1)c1ccc(CSc2ccccc2)cc1. The molecule has 1 fully saturated rings. The van der Waals surface area contributed by atoms with Crippen LogP contribution in [-0.4, -0.2) is 11.6 Å². The lowest BCUT2D eigenvalue weighted by Gasteiger charge is -2.12. The van der Waals surface area contributed by atoms with Gasteiger partial charge in [-0.2, -0.15) is 5.10 Å². The average Bonchev–Trinajstić information content (AvgIpc) is 2.66. The van der Waals surface area contributed by atoms with Gasteiger partial charge in [-0.3, -0.25) is 4.79 Å². The van der Waals surface area contributed by atoms with Crippen molar-refractivity contribution in [2.45, 2.75) is 42.8 Å². The third-order valence-electron chi connectivity index (χ3n) is 4.11. The monoisotopic (exact) mass is 338 g/mol. The summed E-state index contributed by atoms with van der Waals surface area (Å²) >= 11 is 1.79. The topological polar surface area (TPSA) is 41.5 Å². The van der Waals surface area contributed by atoms with Crippen LogP contribution in [0.15, 0.2) is 64.6 Å². The quantitative estimate of drug-likeness (QED) is 0.614. The van der Waals surface area contributed by atoms with Gasteiger partial charge in [-0.05, 0) is 55.5 Å². The fourth-order valence-electron chi connectivity index (χ4n) is 2.70. The number of nitrogens with zero attached hydrogens (tertiary/aromatic N) is 1. The normalized spacial score (nSPS) is 14.2. The van der Waals surface area contributed by atoms with Crippen LogP contribution in [0.1, 0.15) is 48.0 Å². The molecule has 0 bridgehead atoms. The number of rotatable bonds is 5. The summed E-state index contributed by atoms with van der Waals surface area (Å²) in [6.07, 6.45) is 5.66. The predicted molar refractivity (Wildman–Crippen MR) is 100 cm³/mol. The number of hydrazone groups is 1. The largest absolute Gasteiger partial charge is 0.271 e. The highest BCUT2D eigenvalue weighted by molar-refractivity contribution is 7.98. The van der Waals surface area contributed by atoms with Crippen molar-refractivity contribution in [1.29, 1.82) is 0 Å². The molecule has 3 rings (SSSR count). The van der Waals surface area contributed by atoms with Crippen molar-refractivity contribution in [3.05, 3.63) is 65.7 Å². The maximum absolute atomic E-state index is 12.2. The maximum Gasteiger partial charge on any atom is 0.271 e. The summed E-state index contributed by atoms with van der Waals surface area (Å²) < 4.78 is 0. The number of nitrogens with one attached hydrogen (secondary N) is 1. The molecule has 1 aliphatic carbocycles. The van der Waals surface area contributed by atoms with Crippen LogP contribution in [0, 0.1) is 0 Å². The van der Waals surface area contributed by atoms with E-state index in [4.69, 9.17) is 0 Å². The first-order chi connectivity index (χ1) is 11.8. The molecule has 1 N–H and O–H groups in total. The molecule has 0 aliphatic heterocycles.